The molecule has 10 nitrogen and oxygen atoms in total. The van der Waals surface area contributed by atoms with Crippen molar-refractivity contribution in [2.24, 2.45) is 0 Å². The molecule has 3 aromatic heterocycles. The summed E-state index contributed by atoms with van der Waals surface area (Å²) in [5, 5.41) is 16.3. The van der Waals surface area contributed by atoms with E-state index in [2.05, 4.69) is 20.6 Å². The van der Waals surface area contributed by atoms with Crippen LogP contribution >= 0.6 is 11.6 Å². The number of anilines is 1. The van der Waals surface area contributed by atoms with Gasteiger partial charge in [-0.05, 0) is 39.0 Å². The van der Waals surface area contributed by atoms with Crippen molar-refractivity contribution >= 4 is 29.3 Å². The van der Waals surface area contributed by atoms with Crippen LogP contribution in [0.15, 0.2) is 48.8 Å². The summed E-state index contributed by atoms with van der Waals surface area (Å²) in [5.74, 6) is -0.880. The molecule has 1 amide bonds. The highest BCUT2D eigenvalue weighted by Crippen LogP contribution is 2.22. The molecule has 1 aromatic carbocycles. The molecule has 0 aliphatic heterocycles. The number of halogens is 1. The number of rotatable bonds is 7. The lowest BCUT2D eigenvalue weighted by Crippen LogP contribution is -2.19. The minimum atomic E-state index is -0.582. The van der Waals surface area contributed by atoms with E-state index in [0.29, 0.717) is 17.4 Å². The van der Waals surface area contributed by atoms with Gasteiger partial charge in [0.15, 0.2) is 11.5 Å². The number of nitrogens with one attached hydrogen (secondary N) is 1. The Morgan fingerprint density at radius 2 is 1.88 bits per heavy atom. The number of carbonyl (C=O) groups excluding carboxylic acids is 2. The number of hydrogen-bond acceptors (Lipinski definition) is 6. The van der Waals surface area contributed by atoms with Gasteiger partial charge in [0.05, 0.1) is 34.9 Å². The second kappa shape index (κ2) is 9.29. The number of para-hydroxylation sites is 1. The number of hydrogen-bond donors (Lipinski definition) is 1. The minimum absolute atomic E-state index is 0.144. The zero-order valence-electron chi connectivity index (χ0n) is 18.3. The molecule has 33 heavy (non-hydrogen) atoms. The van der Waals surface area contributed by atoms with Crippen molar-refractivity contribution in [1.29, 1.82) is 0 Å². The monoisotopic (exact) mass is 467 g/mol. The van der Waals surface area contributed by atoms with Crippen LogP contribution in [0.3, 0.4) is 0 Å². The summed E-state index contributed by atoms with van der Waals surface area (Å²) in [4.78, 5) is 25.4. The Morgan fingerprint density at radius 3 is 2.55 bits per heavy atom. The van der Waals surface area contributed by atoms with Crippen LogP contribution < -0.4 is 5.32 Å². The number of carbonyl (C=O) groups is 2. The Morgan fingerprint density at radius 1 is 1.12 bits per heavy atom. The van der Waals surface area contributed by atoms with E-state index in [1.54, 1.807) is 28.6 Å². The number of esters is 1. The average molecular weight is 468 g/mol. The van der Waals surface area contributed by atoms with Crippen LogP contribution in [0.2, 0.25) is 5.02 Å². The van der Waals surface area contributed by atoms with E-state index in [1.807, 2.05) is 44.2 Å². The van der Waals surface area contributed by atoms with Gasteiger partial charge in [-0.15, -0.1) is 0 Å². The maximum Gasteiger partial charge on any atom is 0.343 e. The van der Waals surface area contributed by atoms with E-state index in [0.717, 1.165) is 11.4 Å². The third kappa shape index (κ3) is 4.51. The van der Waals surface area contributed by atoms with E-state index in [4.69, 9.17) is 16.3 Å². The normalized spacial score (nSPS) is 10.9. The highest BCUT2D eigenvalue weighted by molar-refractivity contribution is 6.31. The van der Waals surface area contributed by atoms with Gasteiger partial charge in [-0.3, -0.25) is 9.48 Å². The molecule has 0 spiro atoms. The second-order valence-corrected chi connectivity index (χ2v) is 7.57. The molecule has 0 saturated carbocycles. The van der Waals surface area contributed by atoms with E-state index in [9.17, 15) is 9.59 Å². The molecule has 1 N–H and O–H groups in total. The van der Waals surface area contributed by atoms with Gasteiger partial charge in [0, 0.05) is 6.20 Å². The maximum atomic E-state index is 13.0. The molecule has 0 fully saturated rings. The second-order valence-electron chi connectivity index (χ2n) is 7.20. The lowest BCUT2D eigenvalue weighted by Gasteiger charge is -2.10. The summed E-state index contributed by atoms with van der Waals surface area (Å²) in [6, 6.07) is 10.7. The highest BCUT2D eigenvalue weighted by Gasteiger charge is 2.23. The summed E-state index contributed by atoms with van der Waals surface area (Å²) in [5.41, 5.74) is 2.51. The maximum absolute atomic E-state index is 13.0. The first kappa shape index (κ1) is 22.3. The topological polar surface area (TPSA) is 109 Å². The standard InChI is InChI=1S/C22H22ClN7O3/c1-4-33-22(32)17-12-24-30(16-8-6-5-7-9-16)20(17)25-21(31)18-10-11-28(27-18)13-29-15(3)19(23)14(2)26-29/h5-12H,4,13H2,1-3H3,(H,25,31). The molecule has 0 aliphatic rings. The largest absolute Gasteiger partial charge is 0.462 e. The molecular formula is C22H22ClN7O3. The quantitative estimate of drug-likeness (QED) is 0.417. The van der Waals surface area contributed by atoms with Crippen LogP contribution in [0.1, 0.15) is 39.2 Å². The lowest BCUT2D eigenvalue weighted by atomic mass is 10.3. The van der Waals surface area contributed by atoms with Crippen LogP contribution in [0.25, 0.3) is 5.69 Å². The Labute approximate surface area is 194 Å². The summed E-state index contributed by atoms with van der Waals surface area (Å²) < 4.78 is 9.86. The third-order valence-electron chi connectivity index (χ3n) is 4.94. The van der Waals surface area contributed by atoms with Gasteiger partial charge in [0.2, 0.25) is 0 Å². The van der Waals surface area contributed by atoms with Gasteiger partial charge in [0.1, 0.15) is 12.2 Å². The molecule has 0 unspecified atom stereocenters. The van der Waals surface area contributed by atoms with Crippen molar-refractivity contribution in [3.8, 4) is 5.69 Å². The molecule has 0 radical (unpaired) electrons. The average Bonchev–Trinajstić information content (AvgIpc) is 3.50. The van der Waals surface area contributed by atoms with Crippen molar-refractivity contribution in [2.75, 3.05) is 11.9 Å². The van der Waals surface area contributed by atoms with Crippen LogP contribution in [0.4, 0.5) is 5.82 Å². The van der Waals surface area contributed by atoms with Gasteiger partial charge in [-0.1, -0.05) is 29.8 Å². The molecule has 0 atom stereocenters. The minimum Gasteiger partial charge on any atom is -0.462 e. The van der Waals surface area contributed by atoms with Crippen molar-refractivity contribution in [2.45, 2.75) is 27.4 Å². The predicted octanol–water partition coefficient (Wildman–Crippen LogP) is 3.47. The fourth-order valence-electron chi connectivity index (χ4n) is 3.28. The van der Waals surface area contributed by atoms with Crippen LogP contribution in [0.5, 0.6) is 0 Å². The van der Waals surface area contributed by atoms with E-state index < -0.39 is 11.9 Å². The molecule has 11 heteroatoms. The number of benzene rings is 1. The van der Waals surface area contributed by atoms with E-state index in [-0.39, 0.29) is 23.7 Å². The van der Waals surface area contributed by atoms with Crippen molar-refractivity contribution in [1.82, 2.24) is 29.3 Å². The Bertz CT molecular complexity index is 1310. The number of aromatic nitrogens is 6. The first-order chi connectivity index (χ1) is 15.9. The first-order valence-electron chi connectivity index (χ1n) is 10.2. The summed E-state index contributed by atoms with van der Waals surface area (Å²) in [6.45, 7) is 5.89. The fourth-order valence-corrected chi connectivity index (χ4v) is 3.41. The zero-order valence-corrected chi connectivity index (χ0v) is 19.1. The Balaban J connectivity index is 1.60. The molecule has 170 valence electrons. The molecule has 0 aliphatic carbocycles. The molecule has 4 rings (SSSR count). The SMILES string of the molecule is CCOC(=O)c1cnn(-c2ccccc2)c1NC(=O)c1ccn(Cn2nc(C)c(Cl)c2C)n1. The van der Waals surface area contributed by atoms with Gasteiger partial charge < -0.3 is 10.1 Å². The lowest BCUT2D eigenvalue weighted by molar-refractivity contribution is 0.0527. The van der Waals surface area contributed by atoms with Gasteiger partial charge in [-0.25, -0.2) is 14.2 Å². The van der Waals surface area contributed by atoms with E-state index >= 15 is 0 Å². The number of nitrogens with zero attached hydrogens (tertiary/aromatic N) is 6. The predicted molar refractivity (Wildman–Crippen MR) is 122 cm³/mol. The molecule has 3 heterocycles. The van der Waals surface area contributed by atoms with E-state index in [1.165, 1.54) is 10.9 Å². The highest BCUT2D eigenvalue weighted by atomic mass is 35.5. The summed E-state index contributed by atoms with van der Waals surface area (Å²) in [7, 11) is 0. The van der Waals surface area contributed by atoms with Crippen LogP contribution in [0, 0.1) is 13.8 Å². The third-order valence-corrected chi connectivity index (χ3v) is 5.49. The Kier molecular flexibility index (Phi) is 6.27. The van der Waals surface area contributed by atoms with Crippen molar-refractivity contribution < 1.29 is 14.3 Å². The molecule has 0 bridgehead atoms. The zero-order chi connectivity index (χ0) is 23.5. The van der Waals surface area contributed by atoms with Crippen LogP contribution in [-0.4, -0.2) is 47.8 Å². The van der Waals surface area contributed by atoms with Gasteiger partial charge in [-0.2, -0.15) is 15.3 Å². The molecule has 0 saturated heterocycles. The van der Waals surface area contributed by atoms with Gasteiger partial charge >= 0.3 is 5.97 Å². The first-order valence-corrected chi connectivity index (χ1v) is 10.6. The van der Waals surface area contributed by atoms with Gasteiger partial charge in [0.25, 0.3) is 5.91 Å². The summed E-state index contributed by atoms with van der Waals surface area (Å²) in [6.07, 6.45) is 3.03. The summed E-state index contributed by atoms with van der Waals surface area (Å²) >= 11 is 6.20. The molecule has 4 aromatic rings. The molecular weight excluding hydrogens is 446 g/mol. The van der Waals surface area contributed by atoms with Crippen molar-refractivity contribution in [3.05, 3.63) is 76.5 Å². The van der Waals surface area contributed by atoms with Crippen LogP contribution in [-0.2, 0) is 11.4 Å². The smallest absolute Gasteiger partial charge is 0.343 e. The van der Waals surface area contributed by atoms with Crippen molar-refractivity contribution in [3.63, 3.8) is 0 Å². The fraction of sp³-hybridized carbons (Fsp3) is 0.227. The number of amides is 1. The number of ether oxygens (including phenoxy) is 1. The number of aryl methyl sites for hydroxylation is 1. The Hall–Kier alpha value is -3.92.